The third-order valence-corrected chi connectivity index (χ3v) is 3.13. The van der Waals surface area contributed by atoms with E-state index in [0.29, 0.717) is 16.3 Å². The molecule has 0 unspecified atom stereocenters. The lowest BCUT2D eigenvalue weighted by Crippen LogP contribution is -2.27. The molecule has 0 radical (unpaired) electrons. The van der Waals surface area contributed by atoms with Gasteiger partial charge in [0.15, 0.2) is 0 Å². The van der Waals surface area contributed by atoms with Crippen molar-refractivity contribution in [2.24, 2.45) is 0 Å². The van der Waals surface area contributed by atoms with Crippen molar-refractivity contribution in [3.8, 4) is 0 Å². The number of furan rings is 1. The Morgan fingerprint density at radius 2 is 2.10 bits per heavy atom. The first-order valence-corrected chi connectivity index (χ1v) is 6.80. The van der Waals surface area contributed by atoms with E-state index in [1.165, 1.54) is 12.5 Å². The highest BCUT2D eigenvalue weighted by Crippen LogP contribution is 2.20. The molecule has 1 heterocycles. The van der Waals surface area contributed by atoms with E-state index >= 15 is 0 Å². The van der Waals surface area contributed by atoms with Crippen LogP contribution in [0.25, 0.3) is 0 Å². The van der Waals surface area contributed by atoms with Crippen LogP contribution in [0, 0.1) is 6.92 Å². The van der Waals surface area contributed by atoms with E-state index < -0.39 is 0 Å². The summed E-state index contributed by atoms with van der Waals surface area (Å²) in [5, 5.41) is 5.97. The zero-order valence-electron chi connectivity index (χ0n) is 11.5. The molecule has 2 rings (SSSR count). The van der Waals surface area contributed by atoms with Crippen molar-refractivity contribution in [2.75, 3.05) is 11.9 Å². The molecule has 0 saturated heterocycles. The van der Waals surface area contributed by atoms with Crippen LogP contribution < -0.4 is 10.6 Å². The fraction of sp³-hybridized carbons (Fsp3) is 0.200. The molecule has 0 spiro atoms. The maximum Gasteiger partial charge on any atom is 0.254 e. The molecule has 1 aromatic carbocycles. The normalized spacial score (nSPS) is 10.2. The van der Waals surface area contributed by atoms with E-state index in [4.69, 9.17) is 16.0 Å². The Labute approximate surface area is 127 Å². The molecule has 5 nitrogen and oxygen atoms in total. The number of benzene rings is 1. The highest BCUT2D eigenvalue weighted by atomic mass is 35.5. The zero-order valence-corrected chi connectivity index (χ0v) is 12.2. The smallest absolute Gasteiger partial charge is 0.254 e. The lowest BCUT2D eigenvalue weighted by molar-refractivity contribution is -0.116. The Balaban J connectivity index is 1.80. The van der Waals surface area contributed by atoms with Crippen LogP contribution in [0.2, 0.25) is 5.02 Å². The summed E-state index contributed by atoms with van der Waals surface area (Å²) in [6.07, 6.45) is 2.95. The quantitative estimate of drug-likeness (QED) is 0.892. The second-order valence-electron chi connectivity index (χ2n) is 4.53. The minimum Gasteiger partial charge on any atom is -0.472 e. The summed E-state index contributed by atoms with van der Waals surface area (Å²) in [5.74, 6) is -0.455. The van der Waals surface area contributed by atoms with E-state index in [2.05, 4.69) is 10.6 Å². The van der Waals surface area contributed by atoms with Crippen LogP contribution in [-0.2, 0) is 4.79 Å². The van der Waals surface area contributed by atoms with Crippen molar-refractivity contribution >= 4 is 29.1 Å². The fourth-order valence-electron chi connectivity index (χ4n) is 1.73. The first-order valence-electron chi connectivity index (χ1n) is 6.42. The molecule has 0 atom stereocenters. The minimum atomic E-state index is -0.268. The van der Waals surface area contributed by atoms with Gasteiger partial charge in [0, 0.05) is 23.7 Å². The molecule has 2 N–H and O–H groups in total. The van der Waals surface area contributed by atoms with Crippen LogP contribution in [-0.4, -0.2) is 18.4 Å². The maximum absolute atomic E-state index is 11.8. The third kappa shape index (κ3) is 4.36. The number of hydrogen-bond donors (Lipinski definition) is 2. The van der Waals surface area contributed by atoms with Crippen molar-refractivity contribution in [3.05, 3.63) is 52.9 Å². The van der Waals surface area contributed by atoms with Crippen molar-refractivity contribution in [1.82, 2.24) is 5.32 Å². The van der Waals surface area contributed by atoms with Gasteiger partial charge in [-0.2, -0.15) is 0 Å². The number of carbonyl (C=O) groups excluding carboxylic acids is 2. The van der Waals surface area contributed by atoms with Crippen LogP contribution in [0.15, 0.2) is 41.2 Å². The maximum atomic E-state index is 11.8. The summed E-state index contributed by atoms with van der Waals surface area (Å²) in [6, 6.07) is 6.85. The summed E-state index contributed by atoms with van der Waals surface area (Å²) in [4.78, 5) is 23.4. The first-order chi connectivity index (χ1) is 10.1. The van der Waals surface area contributed by atoms with Gasteiger partial charge in [0.25, 0.3) is 5.91 Å². The van der Waals surface area contributed by atoms with Gasteiger partial charge in [-0.1, -0.05) is 17.7 Å². The predicted molar refractivity (Wildman–Crippen MR) is 80.5 cm³/mol. The molecule has 0 aliphatic heterocycles. The number of halogens is 1. The number of amides is 2. The first kappa shape index (κ1) is 15.1. The molecule has 2 amide bonds. The summed E-state index contributed by atoms with van der Waals surface area (Å²) in [5.41, 5.74) is 2.03. The highest BCUT2D eigenvalue weighted by Gasteiger charge is 2.08. The van der Waals surface area contributed by atoms with Crippen LogP contribution >= 0.6 is 11.6 Å². The topological polar surface area (TPSA) is 71.3 Å². The molecule has 6 heteroatoms. The van der Waals surface area contributed by atoms with Crippen LogP contribution in [0.3, 0.4) is 0 Å². The lowest BCUT2D eigenvalue weighted by Gasteiger charge is -2.09. The Kier molecular flexibility index (Phi) is 5.00. The molecule has 0 fully saturated rings. The average molecular weight is 307 g/mol. The molecule has 0 aliphatic carbocycles. The lowest BCUT2D eigenvalue weighted by atomic mass is 10.2. The summed E-state index contributed by atoms with van der Waals surface area (Å²) in [6.45, 7) is 2.13. The minimum absolute atomic E-state index is 0.176. The number of anilines is 1. The molecule has 2 aromatic rings. The number of hydrogen-bond acceptors (Lipinski definition) is 3. The SMILES string of the molecule is Cc1ccc(Cl)cc1NC(=O)CCNC(=O)c1ccoc1. The monoisotopic (exact) mass is 306 g/mol. The molecular weight excluding hydrogens is 292 g/mol. The second-order valence-corrected chi connectivity index (χ2v) is 4.96. The summed E-state index contributed by atoms with van der Waals surface area (Å²) < 4.78 is 4.81. The largest absolute Gasteiger partial charge is 0.472 e. The Bertz CT molecular complexity index is 638. The Morgan fingerprint density at radius 1 is 1.29 bits per heavy atom. The van der Waals surface area contributed by atoms with Gasteiger partial charge in [-0.25, -0.2) is 0 Å². The molecule has 0 aliphatic rings. The second kappa shape index (κ2) is 6.95. The summed E-state index contributed by atoms with van der Waals surface area (Å²) in [7, 11) is 0. The van der Waals surface area contributed by atoms with Gasteiger partial charge in [0.2, 0.25) is 5.91 Å². The van der Waals surface area contributed by atoms with E-state index in [-0.39, 0.29) is 24.8 Å². The Hall–Kier alpha value is -2.27. The van der Waals surface area contributed by atoms with E-state index in [1.54, 1.807) is 18.2 Å². The van der Waals surface area contributed by atoms with Crippen LogP contribution in [0.4, 0.5) is 5.69 Å². The van der Waals surface area contributed by atoms with Crippen molar-refractivity contribution in [1.29, 1.82) is 0 Å². The third-order valence-electron chi connectivity index (χ3n) is 2.89. The standard InChI is InChI=1S/C15H15ClN2O3/c1-10-2-3-12(16)8-13(10)18-14(19)4-6-17-15(20)11-5-7-21-9-11/h2-3,5,7-9H,4,6H2,1H3,(H,17,20)(H,18,19). The van der Waals surface area contributed by atoms with Crippen molar-refractivity contribution < 1.29 is 14.0 Å². The summed E-state index contributed by atoms with van der Waals surface area (Å²) >= 11 is 5.89. The molecule has 110 valence electrons. The highest BCUT2D eigenvalue weighted by molar-refractivity contribution is 6.31. The van der Waals surface area contributed by atoms with Gasteiger partial charge in [-0.3, -0.25) is 9.59 Å². The van der Waals surface area contributed by atoms with Gasteiger partial charge in [-0.15, -0.1) is 0 Å². The zero-order chi connectivity index (χ0) is 15.2. The molecule has 0 bridgehead atoms. The molecule has 0 saturated carbocycles. The number of rotatable bonds is 5. The van der Waals surface area contributed by atoms with E-state index in [0.717, 1.165) is 5.56 Å². The van der Waals surface area contributed by atoms with Gasteiger partial charge >= 0.3 is 0 Å². The molecule has 21 heavy (non-hydrogen) atoms. The predicted octanol–water partition coefficient (Wildman–Crippen LogP) is 3.00. The number of nitrogens with one attached hydrogen (secondary N) is 2. The van der Waals surface area contributed by atoms with Crippen LogP contribution in [0.1, 0.15) is 22.3 Å². The van der Waals surface area contributed by atoms with E-state index in [9.17, 15) is 9.59 Å². The van der Waals surface area contributed by atoms with Crippen molar-refractivity contribution in [2.45, 2.75) is 13.3 Å². The molecule has 1 aromatic heterocycles. The van der Waals surface area contributed by atoms with E-state index in [1.807, 2.05) is 13.0 Å². The molecular formula is C15H15ClN2O3. The Morgan fingerprint density at radius 3 is 2.81 bits per heavy atom. The van der Waals surface area contributed by atoms with Crippen molar-refractivity contribution in [3.63, 3.8) is 0 Å². The van der Waals surface area contributed by atoms with Gasteiger partial charge in [0.05, 0.1) is 11.8 Å². The average Bonchev–Trinajstić information content (AvgIpc) is 2.97. The number of aryl methyl sites for hydroxylation is 1. The number of carbonyl (C=O) groups is 2. The van der Waals surface area contributed by atoms with Crippen LogP contribution in [0.5, 0.6) is 0 Å². The fourth-order valence-corrected chi connectivity index (χ4v) is 1.90. The van der Waals surface area contributed by atoms with Gasteiger partial charge in [0.1, 0.15) is 6.26 Å². The van der Waals surface area contributed by atoms with Gasteiger partial charge < -0.3 is 15.1 Å². The van der Waals surface area contributed by atoms with Gasteiger partial charge in [-0.05, 0) is 30.7 Å².